The van der Waals surface area contributed by atoms with E-state index in [0.29, 0.717) is 0 Å². The van der Waals surface area contributed by atoms with Crippen molar-refractivity contribution in [3.63, 3.8) is 0 Å². The summed E-state index contributed by atoms with van der Waals surface area (Å²) < 4.78 is 0. The Balaban J connectivity index is 1.79. The second-order valence-corrected chi connectivity index (χ2v) is 8.02. The third kappa shape index (κ3) is 3.04. The lowest BCUT2D eigenvalue weighted by molar-refractivity contribution is -0.124. The fourth-order valence-electron chi connectivity index (χ4n) is 1.85. The molecule has 2 aromatic rings. The van der Waals surface area contributed by atoms with Gasteiger partial charge in [0.25, 0.3) is 0 Å². The first-order valence-electron chi connectivity index (χ1n) is 6.56. The number of rotatable bonds is 3. The maximum Gasteiger partial charge on any atom is 0.237 e. The molecule has 0 bridgehead atoms. The summed E-state index contributed by atoms with van der Waals surface area (Å²) in [5.41, 5.74) is 0.134. The van der Waals surface area contributed by atoms with Crippen LogP contribution in [0.1, 0.15) is 19.5 Å². The molecule has 3 rings (SSSR count). The molecule has 1 amide bonds. The highest BCUT2D eigenvalue weighted by Crippen LogP contribution is 2.32. The molecule has 1 aliphatic heterocycles. The molecule has 0 radical (unpaired) electrons. The first-order chi connectivity index (χ1) is 10.1. The molecule has 0 saturated heterocycles. The molecule has 0 spiro atoms. The van der Waals surface area contributed by atoms with Crippen LogP contribution in [0.15, 0.2) is 27.9 Å². The summed E-state index contributed by atoms with van der Waals surface area (Å²) in [6.07, 6.45) is 0. The Morgan fingerprint density at radius 2 is 2.24 bits per heavy atom. The number of thiazole rings is 1. The summed E-state index contributed by atoms with van der Waals surface area (Å²) in [7, 11) is 0. The molecule has 0 fully saturated rings. The zero-order valence-corrected chi connectivity index (χ0v) is 14.2. The van der Waals surface area contributed by atoms with Crippen LogP contribution in [0.5, 0.6) is 0 Å². The Labute approximate surface area is 135 Å². The highest BCUT2D eigenvalue weighted by Gasteiger charge is 2.33. The number of thioether (sulfide) groups is 1. The highest BCUT2D eigenvalue weighted by molar-refractivity contribution is 8.14. The van der Waals surface area contributed by atoms with Crippen molar-refractivity contribution in [2.24, 2.45) is 4.99 Å². The van der Waals surface area contributed by atoms with Gasteiger partial charge in [-0.2, -0.15) is 0 Å². The fourth-order valence-corrected chi connectivity index (χ4v) is 4.38. The van der Waals surface area contributed by atoms with Gasteiger partial charge < -0.3 is 5.32 Å². The van der Waals surface area contributed by atoms with E-state index in [1.54, 1.807) is 34.4 Å². The summed E-state index contributed by atoms with van der Waals surface area (Å²) in [6, 6.07) is 4.05. The molecule has 7 heteroatoms. The molecule has 1 aliphatic rings. The number of aromatic nitrogens is 1. The molecule has 4 nitrogen and oxygen atoms in total. The van der Waals surface area contributed by atoms with Gasteiger partial charge in [0, 0.05) is 11.1 Å². The second-order valence-electron chi connectivity index (χ2n) is 5.13. The average molecular weight is 337 g/mol. The van der Waals surface area contributed by atoms with E-state index in [1.165, 1.54) is 0 Å². The summed E-state index contributed by atoms with van der Waals surface area (Å²) in [4.78, 5) is 22.5. The smallest absolute Gasteiger partial charge is 0.237 e. The number of hydrogen-bond donors (Lipinski definition) is 1. The molecule has 1 N–H and O–H groups in total. The quantitative estimate of drug-likeness (QED) is 0.934. The van der Waals surface area contributed by atoms with Crippen LogP contribution < -0.4 is 5.32 Å². The minimum absolute atomic E-state index is 0.0568. The van der Waals surface area contributed by atoms with Crippen molar-refractivity contribution in [1.29, 1.82) is 0 Å². The summed E-state index contributed by atoms with van der Waals surface area (Å²) in [6.45, 7) is 4.57. The zero-order valence-electron chi connectivity index (χ0n) is 11.8. The zero-order chi connectivity index (χ0) is 14.9. The van der Waals surface area contributed by atoms with Gasteiger partial charge in [-0.25, -0.2) is 4.98 Å². The van der Waals surface area contributed by atoms with Crippen molar-refractivity contribution >= 4 is 45.5 Å². The number of carbonyl (C=O) groups is 1. The molecule has 0 saturated carbocycles. The maximum atomic E-state index is 12.5. The van der Waals surface area contributed by atoms with Crippen molar-refractivity contribution in [1.82, 2.24) is 10.3 Å². The number of amides is 1. The minimum Gasteiger partial charge on any atom is -0.305 e. The molecule has 0 aliphatic carbocycles. The van der Waals surface area contributed by atoms with Crippen LogP contribution in [-0.4, -0.2) is 28.4 Å². The number of thiophene rings is 1. The predicted octanol–water partition coefficient (Wildman–Crippen LogP) is 3.37. The van der Waals surface area contributed by atoms with Crippen molar-refractivity contribution in [2.45, 2.75) is 19.3 Å². The van der Waals surface area contributed by atoms with E-state index >= 15 is 0 Å². The second kappa shape index (κ2) is 5.90. The lowest BCUT2D eigenvalue weighted by Gasteiger charge is -2.21. The Kier molecular flexibility index (Phi) is 4.14. The van der Waals surface area contributed by atoms with Crippen LogP contribution in [0.2, 0.25) is 0 Å². The molecule has 2 aromatic heterocycles. The Bertz CT molecular complexity index is 673. The van der Waals surface area contributed by atoms with Crippen LogP contribution in [0, 0.1) is 0 Å². The van der Waals surface area contributed by atoms with E-state index in [0.717, 1.165) is 33.0 Å². The largest absolute Gasteiger partial charge is 0.305 e. The van der Waals surface area contributed by atoms with Crippen LogP contribution in [-0.2, 0) is 10.2 Å². The highest BCUT2D eigenvalue weighted by atomic mass is 32.2. The van der Waals surface area contributed by atoms with Gasteiger partial charge in [-0.3, -0.25) is 9.79 Å². The Morgan fingerprint density at radius 1 is 1.38 bits per heavy atom. The number of nitrogens with zero attached hydrogens (tertiary/aromatic N) is 2. The molecule has 3 heterocycles. The molecular formula is C14H15N3OS3. The standard InChI is InChI=1S/C14H15N3OS3/c1-14(2,12(18)17-13-15-5-7-20-13)10-8-21-11(16-10)9-4-3-6-19-9/h3-4,6,8H,5,7H2,1-2H3,(H,15,17,18). The van der Waals surface area contributed by atoms with E-state index in [2.05, 4.69) is 15.3 Å². The van der Waals surface area contributed by atoms with Gasteiger partial charge >= 0.3 is 0 Å². The first-order valence-corrected chi connectivity index (χ1v) is 9.30. The van der Waals surface area contributed by atoms with Gasteiger partial charge in [0.05, 0.1) is 22.5 Å². The molecule has 0 aromatic carbocycles. The van der Waals surface area contributed by atoms with Gasteiger partial charge in [0.15, 0.2) is 5.17 Å². The van der Waals surface area contributed by atoms with E-state index < -0.39 is 5.41 Å². The van der Waals surface area contributed by atoms with Gasteiger partial charge in [-0.1, -0.05) is 17.8 Å². The van der Waals surface area contributed by atoms with Gasteiger partial charge in [-0.05, 0) is 25.3 Å². The average Bonchev–Trinajstić information content (AvgIpc) is 3.20. The maximum absolute atomic E-state index is 12.5. The SMILES string of the molecule is CC(C)(C(=O)NC1=NCCS1)c1csc(-c2cccs2)n1. The normalized spacial score (nSPS) is 15.0. The third-order valence-corrected chi connectivity index (χ3v) is 6.02. The van der Waals surface area contributed by atoms with Crippen molar-refractivity contribution in [2.75, 3.05) is 12.3 Å². The topological polar surface area (TPSA) is 54.4 Å². The third-order valence-electron chi connectivity index (χ3n) is 3.25. The Hall–Kier alpha value is -1.18. The monoisotopic (exact) mass is 337 g/mol. The van der Waals surface area contributed by atoms with Gasteiger partial charge in [0.1, 0.15) is 5.01 Å². The molecule has 21 heavy (non-hydrogen) atoms. The molecular weight excluding hydrogens is 322 g/mol. The first kappa shape index (κ1) is 14.7. The lowest BCUT2D eigenvalue weighted by atomic mass is 9.89. The summed E-state index contributed by atoms with van der Waals surface area (Å²) >= 11 is 4.82. The molecule has 0 atom stereocenters. The number of carbonyl (C=O) groups excluding carboxylic acids is 1. The molecule has 110 valence electrons. The van der Waals surface area contributed by atoms with Crippen LogP contribution >= 0.6 is 34.4 Å². The number of amidine groups is 1. The van der Waals surface area contributed by atoms with Crippen LogP contribution in [0.3, 0.4) is 0 Å². The number of nitrogens with one attached hydrogen (secondary N) is 1. The number of aliphatic imine (C=N–C) groups is 1. The van der Waals surface area contributed by atoms with Crippen molar-refractivity contribution < 1.29 is 4.79 Å². The Morgan fingerprint density at radius 3 is 2.90 bits per heavy atom. The van der Waals surface area contributed by atoms with Gasteiger partial charge in [0.2, 0.25) is 5.91 Å². The van der Waals surface area contributed by atoms with Crippen LogP contribution in [0.4, 0.5) is 0 Å². The van der Waals surface area contributed by atoms with E-state index in [9.17, 15) is 4.79 Å². The predicted molar refractivity (Wildman–Crippen MR) is 91.4 cm³/mol. The summed E-state index contributed by atoms with van der Waals surface area (Å²) in [5, 5.41) is 8.59. The van der Waals surface area contributed by atoms with E-state index in [4.69, 9.17) is 0 Å². The fraction of sp³-hybridized carbons (Fsp3) is 0.357. The number of hydrogen-bond acceptors (Lipinski definition) is 6. The van der Waals surface area contributed by atoms with Gasteiger partial charge in [-0.15, -0.1) is 22.7 Å². The minimum atomic E-state index is -0.669. The summed E-state index contributed by atoms with van der Waals surface area (Å²) in [5.74, 6) is 0.883. The van der Waals surface area contributed by atoms with Crippen molar-refractivity contribution in [3.05, 3.63) is 28.6 Å². The molecule has 0 unspecified atom stereocenters. The van der Waals surface area contributed by atoms with Crippen molar-refractivity contribution in [3.8, 4) is 9.88 Å². The van der Waals surface area contributed by atoms with E-state index in [1.807, 2.05) is 36.7 Å². The van der Waals surface area contributed by atoms with Crippen LogP contribution in [0.25, 0.3) is 9.88 Å². The van der Waals surface area contributed by atoms with E-state index in [-0.39, 0.29) is 5.91 Å². The lowest BCUT2D eigenvalue weighted by Crippen LogP contribution is -2.42.